The zero-order chi connectivity index (χ0) is 8.81. The molecule has 1 aromatic rings. The Balaban J connectivity index is 2.60. The van der Waals surface area contributed by atoms with Crippen molar-refractivity contribution >= 4 is 5.69 Å². The molecule has 0 bridgehead atoms. The molecule has 1 aromatic carbocycles. The molecule has 2 N–H and O–H groups in total. The predicted molar refractivity (Wildman–Crippen MR) is 50.5 cm³/mol. The van der Waals surface area contributed by atoms with Gasteiger partial charge in [-0.1, -0.05) is 6.07 Å². The van der Waals surface area contributed by atoms with Crippen molar-refractivity contribution in [3.63, 3.8) is 0 Å². The minimum Gasteiger partial charge on any atom is -0.497 e. The summed E-state index contributed by atoms with van der Waals surface area (Å²) in [5, 5.41) is 6.18. The largest absolute Gasteiger partial charge is 0.497 e. The van der Waals surface area contributed by atoms with Crippen LogP contribution >= 0.6 is 0 Å². The van der Waals surface area contributed by atoms with Crippen LogP contribution in [0.25, 0.3) is 0 Å². The van der Waals surface area contributed by atoms with Crippen LogP contribution in [0.5, 0.6) is 5.75 Å². The molecule has 0 radical (unpaired) electrons. The van der Waals surface area contributed by atoms with E-state index in [0.29, 0.717) is 0 Å². The summed E-state index contributed by atoms with van der Waals surface area (Å²) in [6.45, 7) is 0.757. The molecule has 0 saturated carbocycles. The minimum atomic E-state index is 0.757. The maximum Gasteiger partial charge on any atom is 0.120 e. The Kier molecular flexibility index (Phi) is 3.41. The maximum atomic E-state index is 5.07. The van der Waals surface area contributed by atoms with Crippen molar-refractivity contribution in [3.05, 3.63) is 24.3 Å². The van der Waals surface area contributed by atoms with Gasteiger partial charge in [0.2, 0.25) is 0 Å². The van der Waals surface area contributed by atoms with Gasteiger partial charge in [-0.3, -0.25) is 0 Å². The Morgan fingerprint density at radius 3 is 2.92 bits per heavy atom. The Labute approximate surface area is 72.7 Å². The normalized spacial score (nSPS) is 9.50. The van der Waals surface area contributed by atoms with Crippen molar-refractivity contribution in [2.24, 2.45) is 0 Å². The van der Waals surface area contributed by atoms with Gasteiger partial charge in [0.05, 0.1) is 13.8 Å². The van der Waals surface area contributed by atoms with Crippen LogP contribution in [0.15, 0.2) is 24.3 Å². The van der Waals surface area contributed by atoms with Crippen LogP contribution in [0.1, 0.15) is 0 Å². The molecular weight excluding hydrogens is 152 g/mol. The molecule has 0 unspecified atom stereocenters. The third-order valence-corrected chi connectivity index (χ3v) is 1.54. The summed E-state index contributed by atoms with van der Waals surface area (Å²) in [6.07, 6.45) is 0. The van der Waals surface area contributed by atoms with E-state index in [4.69, 9.17) is 4.74 Å². The third kappa shape index (κ3) is 2.43. The lowest BCUT2D eigenvalue weighted by Gasteiger charge is -2.06. The Morgan fingerprint density at radius 2 is 2.25 bits per heavy atom. The maximum absolute atomic E-state index is 5.07. The fourth-order valence-electron chi connectivity index (χ4n) is 0.923. The van der Waals surface area contributed by atoms with Gasteiger partial charge in [0, 0.05) is 11.8 Å². The van der Waals surface area contributed by atoms with Crippen LogP contribution < -0.4 is 15.4 Å². The molecule has 0 saturated heterocycles. The fraction of sp³-hybridized carbons (Fsp3) is 0.333. The van der Waals surface area contributed by atoms with E-state index in [9.17, 15) is 0 Å². The van der Waals surface area contributed by atoms with Crippen molar-refractivity contribution in [1.82, 2.24) is 5.32 Å². The van der Waals surface area contributed by atoms with Gasteiger partial charge < -0.3 is 15.4 Å². The average molecular weight is 166 g/mol. The van der Waals surface area contributed by atoms with Gasteiger partial charge in [-0.25, -0.2) is 0 Å². The quantitative estimate of drug-likeness (QED) is 0.661. The van der Waals surface area contributed by atoms with Crippen molar-refractivity contribution in [3.8, 4) is 5.75 Å². The number of rotatable bonds is 4. The Bertz CT molecular complexity index is 238. The zero-order valence-electron chi connectivity index (χ0n) is 7.42. The van der Waals surface area contributed by atoms with Crippen LogP contribution in [0.2, 0.25) is 0 Å². The molecule has 0 spiro atoms. The summed E-state index contributed by atoms with van der Waals surface area (Å²) in [4.78, 5) is 0. The molecule has 0 heterocycles. The van der Waals surface area contributed by atoms with E-state index in [0.717, 1.165) is 18.1 Å². The van der Waals surface area contributed by atoms with E-state index in [1.165, 1.54) is 0 Å². The highest BCUT2D eigenvalue weighted by Crippen LogP contribution is 2.15. The second-order valence-electron chi connectivity index (χ2n) is 2.44. The second-order valence-corrected chi connectivity index (χ2v) is 2.44. The van der Waals surface area contributed by atoms with Gasteiger partial charge in [0.25, 0.3) is 0 Å². The molecule has 3 nitrogen and oxygen atoms in total. The highest BCUT2D eigenvalue weighted by atomic mass is 16.5. The van der Waals surface area contributed by atoms with Gasteiger partial charge in [0.15, 0.2) is 0 Å². The molecule has 1 rings (SSSR count). The van der Waals surface area contributed by atoms with Crippen molar-refractivity contribution in [2.45, 2.75) is 0 Å². The summed E-state index contributed by atoms with van der Waals surface area (Å²) < 4.78 is 5.07. The van der Waals surface area contributed by atoms with Crippen LogP contribution in [0.4, 0.5) is 5.69 Å². The number of nitrogens with one attached hydrogen (secondary N) is 2. The average Bonchev–Trinajstić information content (AvgIpc) is 2.15. The van der Waals surface area contributed by atoms with Gasteiger partial charge in [0.1, 0.15) is 5.75 Å². The van der Waals surface area contributed by atoms with Crippen LogP contribution in [-0.4, -0.2) is 20.8 Å². The van der Waals surface area contributed by atoms with Crippen molar-refractivity contribution < 1.29 is 4.74 Å². The van der Waals surface area contributed by atoms with Gasteiger partial charge >= 0.3 is 0 Å². The molecule has 0 aliphatic carbocycles. The van der Waals surface area contributed by atoms with Crippen LogP contribution in [0, 0.1) is 0 Å². The van der Waals surface area contributed by atoms with Gasteiger partial charge in [-0.2, -0.15) is 0 Å². The molecule has 0 atom stereocenters. The van der Waals surface area contributed by atoms with Crippen molar-refractivity contribution in [2.75, 3.05) is 26.1 Å². The number of benzene rings is 1. The smallest absolute Gasteiger partial charge is 0.120 e. The van der Waals surface area contributed by atoms with E-state index < -0.39 is 0 Å². The van der Waals surface area contributed by atoms with E-state index in [1.807, 2.05) is 31.3 Å². The SMILES string of the molecule is CNCNc1cccc(OC)c1. The predicted octanol–water partition coefficient (Wildman–Crippen LogP) is 1.28. The van der Waals surface area contributed by atoms with E-state index in [1.54, 1.807) is 7.11 Å². The summed E-state index contributed by atoms with van der Waals surface area (Å²) in [5.74, 6) is 0.871. The highest BCUT2D eigenvalue weighted by molar-refractivity contribution is 5.47. The van der Waals surface area contributed by atoms with Crippen LogP contribution in [0.3, 0.4) is 0 Å². The molecule has 0 aliphatic rings. The Morgan fingerprint density at radius 1 is 1.42 bits per heavy atom. The third-order valence-electron chi connectivity index (χ3n) is 1.54. The molecule has 3 heteroatoms. The molecule has 0 amide bonds. The van der Waals surface area contributed by atoms with Crippen molar-refractivity contribution in [1.29, 1.82) is 0 Å². The molecule has 0 aliphatic heterocycles. The lowest BCUT2D eigenvalue weighted by Crippen LogP contribution is -2.16. The molecule has 0 fully saturated rings. The molecule has 12 heavy (non-hydrogen) atoms. The number of ether oxygens (including phenoxy) is 1. The number of anilines is 1. The first-order chi connectivity index (χ1) is 5.86. The molecular formula is C9H14N2O. The first-order valence-electron chi connectivity index (χ1n) is 3.89. The fourth-order valence-corrected chi connectivity index (χ4v) is 0.923. The first-order valence-corrected chi connectivity index (χ1v) is 3.89. The summed E-state index contributed by atoms with van der Waals surface area (Å²) in [5.41, 5.74) is 1.06. The zero-order valence-corrected chi connectivity index (χ0v) is 7.42. The van der Waals surface area contributed by atoms with Crippen LogP contribution in [-0.2, 0) is 0 Å². The minimum absolute atomic E-state index is 0.757. The second kappa shape index (κ2) is 4.62. The summed E-state index contributed by atoms with van der Waals surface area (Å²) in [7, 11) is 3.56. The summed E-state index contributed by atoms with van der Waals surface area (Å²) >= 11 is 0. The van der Waals surface area contributed by atoms with Gasteiger partial charge in [-0.15, -0.1) is 0 Å². The molecule has 0 aromatic heterocycles. The summed E-state index contributed by atoms with van der Waals surface area (Å²) in [6, 6.07) is 7.83. The number of hydrogen-bond acceptors (Lipinski definition) is 3. The lowest BCUT2D eigenvalue weighted by atomic mass is 10.3. The van der Waals surface area contributed by atoms with E-state index >= 15 is 0 Å². The standard InChI is InChI=1S/C9H14N2O/c1-10-7-11-8-4-3-5-9(6-8)12-2/h3-6,10-11H,7H2,1-2H3. The number of methoxy groups -OCH3 is 1. The Hall–Kier alpha value is -1.22. The van der Waals surface area contributed by atoms with Gasteiger partial charge in [-0.05, 0) is 19.2 Å². The lowest BCUT2D eigenvalue weighted by molar-refractivity contribution is 0.415. The van der Waals surface area contributed by atoms with E-state index in [-0.39, 0.29) is 0 Å². The molecule has 66 valence electrons. The highest BCUT2D eigenvalue weighted by Gasteiger charge is 1.92. The topological polar surface area (TPSA) is 33.3 Å². The monoisotopic (exact) mass is 166 g/mol. The van der Waals surface area contributed by atoms with E-state index in [2.05, 4.69) is 10.6 Å². The first kappa shape index (κ1) is 8.87. The number of hydrogen-bond donors (Lipinski definition) is 2.